The van der Waals surface area contributed by atoms with Crippen LogP contribution in [0.1, 0.15) is 16.9 Å². The number of carbonyl (C=O) groups is 1. The lowest BCUT2D eigenvalue weighted by atomic mass is 10.3. The van der Waals surface area contributed by atoms with Gasteiger partial charge in [-0.2, -0.15) is 0 Å². The van der Waals surface area contributed by atoms with Crippen molar-refractivity contribution in [3.8, 4) is 0 Å². The number of nitrogens with one attached hydrogen (secondary N) is 1. The molecule has 70 valence electrons. The molecule has 1 amide bonds. The maximum atomic E-state index is 11.7. The molecule has 2 rings (SSSR count). The van der Waals surface area contributed by atoms with Crippen LogP contribution in [0, 0.1) is 0 Å². The molecule has 0 aromatic carbocycles. The highest BCUT2D eigenvalue weighted by molar-refractivity contribution is 5.92. The number of rotatable bonds is 1. The minimum Gasteiger partial charge on any atom is -0.341 e. The van der Waals surface area contributed by atoms with Gasteiger partial charge >= 0.3 is 0 Å². The molecule has 13 heavy (non-hydrogen) atoms. The maximum absolute atomic E-state index is 11.7. The Morgan fingerprint density at radius 2 is 2.62 bits per heavy atom. The number of hydrogen-bond acceptors (Lipinski definition) is 3. The highest BCUT2D eigenvalue weighted by Crippen LogP contribution is 2.10. The molecule has 0 radical (unpaired) electrons. The van der Waals surface area contributed by atoms with Crippen molar-refractivity contribution in [3.05, 3.63) is 18.2 Å². The van der Waals surface area contributed by atoms with Gasteiger partial charge in [-0.25, -0.2) is 4.98 Å². The molecule has 5 nitrogen and oxygen atoms in total. The number of H-pyrrole nitrogens is 1. The van der Waals surface area contributed by atoms with Crippen LogP contribution in [0.4, 0.5) is 0 Å². The van der Waals surface area contributed by atoms with Gasteiger partial charge in [-0.1, -0.05) is 0 Å². The number of carbonyl (C=O) groups excluding carboxylic acids is 1. The van der Waals surface area contributed by atoms with Crippen LogP contribution in [0.5, 0.6) is 0 Å². The first-order chi connectivity index (χ1) is 6.27. The van der Waals surface area contributed by atoms with Gasteiger partial charge in [0, 0.05) is 19.1 Å². The van der Waals surface area contributed by atoms with Gasteiger partial charge in [-0.15, -0.1) is 0 Å². The normalized spacial score (nSPS) is 22.2. The van der Waals surface area contributed by atoms with Crippen molar-refractivity contribution in [1.29, 1.82) is 0 Å². The van der Waals surface area contributed by atoms with E-state index < -0.39 is 0 Å². The Bertz CT molecular complexity index is 295. The summed E-state index contributed by atoms with van der Waals surface area (Å²) >= 11 is 0. The van der Waals surface area contributed by atoms with Gasteiger partial charge in [-0.05, 0) is 6.42 Å². The summed E-state index contributed by atoms with van der Waals surface area (Å²) in [6.45, 7) is 1.40. The van der Waals surface area contributed by atoms with Crippen molar-refractivity contribution in [1.82, 2.24) is 14.9 Å². The fraction of sp³-hybridized carbons (Fsp3) is 0.500. The minimum absolute atomic E-state index is 0.00884. The molecule has 3 N–H and O–H groups in total. The molecule has 5 heteroatoms. The standard InChI is InChI=1S/C8H12N4O/c9-6-1-2-12(4-6)8(13)7-3-10-5-11-7/h3,5-6H,1-2,4,9H2,(H,10,11)/t6-/m1/s1. The fourth-order valence-corrected chi connectivity index (χ4v) is 1.51. The minimum atomic E-state index is -0.00884. The monoisotopic (exact) mass is 180 g/mol. The number of aromatic amines is 1. The number of hydrogen-bond donors (Lipinski definition) is 2. The zero-order chi connectivity index (χ0) is 9.26. The number of imidazole rings is 1. The van der Waals surface area contributed by atoms with E-state index in [0.29, 0.717) is 12.2 Å². The number of aromatic nitrogens is 2. The third-order valence-corrected chi connectivity index (χ3v) is 2.24. The summed E-state index contributed by atoms with van der Waals surface area (Å²) in [5.74, 6) is -0.00884. The van der Waals surface area contributed by atoms with E-state index in [9.17, 15) is 4.79 Å². The molecule has 1 aliphatic rings. The third-order valence-electron chi connectivity index (χ3n) is 2.24. The third kappa shape index (κ3) is 1.55. The average Bonchev–Trinajstić information content (AvgIpc) is 2.72. The van der Waals surface area contributed by atoms with Gasteiger partial charge in [0.1, 0.15) is 5.69 Å². The summed E-state index contributed by atoms with van der Waals surface area (Å²) in [6.07, 6.45) is 3.93. The second kappa shape index (κ2) is 3.18. The number of likely N-dealkylation sites (tertiary alicyclic amines) is 1. The van der Waals surface area contributed by atoms with Crippen LogP contribution in [0.25, 0.3) is 0 Å². The first-order valence-electron chi connectivity index (χ1n) is 4.30. The lowest BCUT2D eigenvalue weighted by Gasteiger charge is -2.13. The van der Waals surface area contributed by atoms with Crippen LogP contribution in [-0.4, -0.2) is 39.9 Å². The van der Waals surface area contributed by atoms with Gasteiger partial charge in [0.25, 0.3) is 5.91 Å². The van der Waals surface area contributed by atoms with Crippen LogP contribution in [0.15, 0.2) is 12.5 Å². The summed E-state index contributed by atoms with van der Waals surface area (Å²) < 4.78 is 0. The van der Waals surface area contributed by atoms with Gasteiger partial charge in [0.15, 0.2) is 0 Å². The fourth-order valence-electron chi connectivity index (χ4n) is 1.51. The van der Waals surface area contributed by atoms with Crippen molar-refractivity contribution in [2.45, 2.75) is 12.5 Å². The Morgan fingerprint density at radius 3 is 3.15 bits per heavy atom. The average molecular weight is 180 g/mol. The molecule has 1 aromatic heterocycles. The van der Waals surface area contributed by atoms with E-state index in [2.05, 4.69) is 9.97 Å². The Morgan fingerprint density at radius 1 is 1.77 bits per heavy atom. The predicted octanol–water partition coefficient (Wildman–Crippen LogP) is -0.417. The first-order valence-corrected chi connectivity index (χ1v) is 4.30. The topological polar surface area (TPSA) is 75.0 Å². The summed E-state index contributed by atoms with van der Waals surface area (Å²) in [4.78, 5) is 20.0. The van der Waals surface area contributed by atoms with E-state index in [1.807, 2.05) is 0 Å². The zero-order valence-corrected chi connectivity index (χ0v) is 7.23. The smallest absolute Gasteiger partial charge is 0.271 e. The van der Waals surface area contributed by atoms with Crippen molar-refractivity contribution < 1.29 is 4.79 Å². The van der Waals surface area contributed by atoms with Crippen LogP contribution < -0.4 is 5.73 Å². The van der Waals surface area contributed by atoms with Crippen molar-refractivity contribution in [2.75, 3.05) is 13.1 Å². The summed E-state index contributed by atoms with van der Waals surface area (Å²) in [5.41, 5.74) is 6.23. The van der Waals surface area contributed by atoms with Crippen LogP contribution in [-0.2, 0) is 0 Å². The molecule has 2 heterocycles. The molecule has 0 saturated carbocycles. The summed E-state index contributed by atoms with van der Waals surface area (Å²) in [7, 11) is 0. The van der Waals surface area contributed by atoms with E-state index in [1.54, 1.807) is 4.90 Å². The first kappa shape index (κ1) is 8.25. The molecule has 1 aliphatic heterocycles. The van der Waals surface area contributed by atoms with E-state index in [0.717, 1.165) is 13.0 Å². The number of nitrogens with two attached hydrogens (primary N) is 1. The Labute approximate surface area is 75.9 Å². The van der Waals surface area contributed by atoms with Crippen LogP contribution in [0.2, 0.25) is 0 Å². The van der Waals surface area contributed by atoms with Gasteiger partial charge in [0.2, 0.25) is 0 Å². The molecule has 0 unspecified atom stereocenters. The largest absolute Gasteiger partial charge is 0.341 e. The summed E-state index contributed by atoms with van der Waals surface area (Å²) in [6, 6.07) is 0.131. The van der Waals surface area contributed by atoms with Crippen molar-refractivity contribution >= 4 is 5.91 Å². The van der Waals surface area contributed by atoms with E-state index in [4.69, 9.17) is 5.73 Å². The highest BCUT2D eigenvalue weighted by Gasteiger charge is 2.24. The van der Waals surface area contributed by atoms with Crippen molar-refractivity contribution in [2.24, 2.45) is 5.73 Å². The van der Waals surface area contributed by atoms with Gasteiger partial charge in [0.05, 0.1) is 12.5 Å². The number of nitrogens with zero attached hydrogens (tertiary/aromatic N) is 2. The predicted molar refractivity (Wildman–Crippen MR) is 47.1 cm³/mol. The quantitative estimate of drug-likeness (QED) is 0.616. The SMILES string of the molecule is N[C@@H]1CCN(C(=O)c2cnc[nH]2)C1. The summed E-state index contributed by atoms with van der Waals surface area (Å²) in [5, 5.41) is 0. The Kier molecular flexibility index (Phi) is 2.02. The second-order valence-corrected chi connectivity index (χ2v) is 3.27. The highest BCUT2D eigenvalue weighted by atomic mass is 16.2. The molecule has 1 atom stereocenters. The van der Waals surface area contributed by atoms with E-state index in [-0.39, 0.29) is 11.9 Å². The zero-order valence-electron chi connectivity index (χ0n) is 7.23. The van der Waals surface area contributed by atoms with E-state index >= 15 is 0 Å². The molecule has 1 saturated heterocycles. The molecule has 1 fully saturated rings. The lowest BCUT2D eigenvalue weighted by molar-refractivity contribution is 0.0785. The van der Waals surface area contributed by atoms with Crippen molar-refractivity contribution in [3.63, 3.8) is 0 Å². The van der Waals surface area contributed by atoms with Gasteiger partial charge < -0.3 is 15.6 Å². The molecule has 0 aliphatic carbocycles. The van der Waals surface area contributed by atoms with Crippen LogP contribution in [0.3, 0.4) is 0 Å². The molecular formula is C8H12N4O. The second-order valence-electron chi connectivity index (χ2n) is 3.27. The number of amides is 1. The van der Waals surface area contributed by atoms with Crippen LogP contribution >= 0.6 is 0 Å². The Balaban J connectivity index is 2.06. The maximum Gasteiger partial charge on any atom is 0.271 e. The lowest BCUT2D eigenvalue weighted by Crippen LogP contribution is -2.32. The molecule has 0 spiro atoms. The van der Waals surface area contributed by atoms with E-state index in [1.165, 1.54) is 12.5 Å². The molecule has 0 bridgehead atoms. The molecular weight excluding hydrogens is 168 g/mol. The van der Waals surface area contributed by atoms with Gasteiger partial charge in [-0.3, -0.25) is 4.79 Å². The molecule has 1 aromatic rings. The Hall–Kier alpha value is -1.36.